The highest BCUT2D eigenvalue weighted by Crippen LogP contribution is 2.24. The molecule has 2 N–H and O–H groups in total. The number of imidazole rings is 1. The third-order valence-electron chi connectivity index (χ3n) is 3.13. The van der Waals surface area contributed by atoms with Crippen LogP contribution in [0.25, 0.3) is 16.7 Å². The van der Waals surface area contributed by atoms with Gasteiger partial charge in [-0.3, -0.25) is 4.57 Å². The van der Waals surface area contributed by atoms with Crippen molar-refractivity contribution in [3.63, 3.8) is 0 Å². The van der Waals surface area contributed by atoms with E-state index in [4.69, 9.17) is 5.73 Å². The number of aryl methyl sites for hydroxylation is 1. The topological polar surface area (TPSA) is 43.8 Å². The Morgan fingerprint density at radius 1 is 1.21 bits per heavy atom. The minimum absolute atomic E-state index is 0.752. The van der Waals surface area contributed by atoms with Gasteiger partial charge in [0.1, 0.15) is 5.82 Å². The van der Waals surface area contributed by atoms with Gasteiger partial charge >= 0.3 is 0 Å². The van der Waals surface area contributed by atoms with E-state index in [1.807, 2.05) is 18.2 Å². The lowest BCUT2D eigenvalue weighted by molar-refractivity contribution is 0.908. The third kappa shape index (κ3) is 2.20. The Balaban J connectivity index is 2.32. The normalized spacial score (nSPS) is 11.1. The van der Waals surface area contributed by atoms with Gasteiger partial charge in [0.05, 0.1) is 11.0 Å². The molecule has 0 spiro atoms. The van der Waals surface area contributed by atoms with Gasteiger partial charge in [-0.05, 0) is 59.0 Å². The zero-order valence-electron chi connectivity index (χ0n) is 10.6. The molecule has 0 aliphatic heterocycles. The summed E-state index contributed by atoms with van der Waals surface area (Å²) in [6, 6.07) is 14.3. The zero-order chi connectivity index (χ0) is 13.4. The van der Waals surface area contributed by atoms with Gasteiger partial charge in [0, 0.05) is 21.4 Å². The van der Waals surface area contributed by atoms with Crippen LogP contribution < -0.4 is 5.73 Å². The number of nitrogens with zero attached hydrogens (tertiary/aromatic N) is 2. The molecular weight excluding hydrogens is 349 g/mol. The van der Waals surface area contributed by atoms with Crippen molar-refractivity contribution < 1.29 is 0 Å². The lowest BCUT2D eigenvalue weighted by Crippen LogP contribution is -2.00. The smallest absolute Gasteiger partial charge is 0.114 e. The van der Waals surface area contributed by atoms with Crippen molar-refractivity contribution in [2.75, 3.05) is 5.73 Å². The highest BCUT2D eigenvalue weighted by molar-refractivity contribution is 14.1. The minimum Gasteiger partial charge on any atom is -0.399 e. The average Bonchev–Trinajstić information content (AvgIpc) is 2.76. The molecule has 0 aliphatic rings. The van der Waals surface area contributed by atoms with E-state index in [0.29, 0.717) is 0 Å². The number of nitrogen functional groups attached to an aromatic ring is 1. The number of hydrogen-bond donors (Lipinski definition) is 1. The van der Waals surface area contributed by atoms with Crippen molar-refractivity contribution in [2.45, 2.75) is 13.3 Å². The number of nitrogens with two attached hydrogens (primary N) is 1. The van der Waals surface area contributed by atoms with Gasteiger partial charge in [0.15, 0.2) is 0 Å². The van der Waals surface area contributed by atoms with E-state index in [2.05, 4.69) is 63.3 Å². The van der Waals surface area contributed by atoms with Crippen LogP contribution in [-0.4, -0.2) is 9.55 Å². The van der Waals surface area contributed by atoms with E-state index in [0.717, 1.165) is 34.7 Å². The molecule has 3 rings (SSSR count). The fraction of sp³-hybridized carbons (Fsp3) is 0.133. The van der Waals surface area contributed by atoms with E-state index in [1.54, 1.807) is 0 Å². The molecule has 2 aromatic carbocycles. The number of benzene rings is 2. The average molecular weight is 363 g/mol. The van der Waals surface area contributed by atoms with E-state index in [-0.39, 0.29) is 0 Å². The Kier molecular flexibility index (Phi) is 3.18. The number of hydrogen-bond acceptors (Lipinski definition) is 2. The minimum atomic E-state index is 0.752. The number of halogens is 1. The molecule has 0 saturated carbocycles. The van der Waals surface area contributed by atoms with Crippen molar-refractivity contribution in [2.24, 2.45) is 0 Å². The molecule has 3 aromatic rings. The number of anilines is 1. The first-order valence-electron chi connectivity index (χ1n) is 6.22. The molecule has 0 aliphatic carbocycles. The second kappa shape index (κ2) is 4.85. The second-order valence-corrected chi connectivity index (χ2v) is 5.69. The summed E-state index contributed by atoms with van der Waals surface area (Å²) in [5.74, 6) is 1.06. The van der Waals surface area contributed by atoms with Crippen LogP contribution in [0.2, 0.25) is 0 Å². The standard InChI is InChI=1S/C15H14IN3/c1-2-15-18-13-9-11(17)6-7-14(13)19(15)12-5-3-4-10(16)8-12/h3-9H,2,17H2,1H3. The van der Waals surface area contributed by atoms with Crippen molar-refractivity contribution in [3.05, 3.63) is 51.9 Å². The maximum atomic E-state index is 5.84. The number of rotatable bonds is 2. The molecule has 0 fully saturated rings. The summed E-state index contributed by atoms with van der Waals surface area (Å²) in [5, 5.41) is 0. The van der Waals surface area contributed by atoms with Crippen LogP contribution >= 0.6 is 22.6 Å². The molecule has 0 unspecified atom stereocenters. The molecule has 0 bridgehead atoms. The molecule has 4 heteroatoms. The first-order valence-corrected chi connectivity index (χ1v) is 7.29. The highest BCUT2D eigenvalue weighted by Gasteiger charge is 2.11. The van der Waals surface area contributed by atoms with Gasteiger partial charge in [-0.15, -0.1) is 0 Å². The molecule has 96 valence electrons. The molecule has 0 atom stereocenters. The van der Waals surface area contributed by atoms with Crippen LogP contribution in [0.1, 0.15) is 12.7 Å². The molecule has 0 amide bonds. The summed E-state index contributed by atoms with van der Waals surface area (Å²) in [5.41, 5.74) is 9.80. The Bertz CT molecular complexity index is 746. The summed E-state index contributed by atoms with van der Waals surface area (Å²) in [7, 11) is 0. The van der Waals surface area contributed by atoms with Crippen LogP contribution in [-0.2, 0) is 6.42 Å². The first kappa shape index (κ1) is 12.5. The largest absolute Gasteiger partial charge is 0.399 e. The summed E-state index contributed by atoms with van der Waals surface area (Å²) in [6.07, 6.45) is 0.889. The van der Waals surface area contributed by atoms with E-state index < -0.39 is 0 Å². The summed E-state index contributed by atoms with van der Waals surface area (Å²) < 4.78 is 3.42. The molecule has 0 radical (unpaired) electrons. The van der Waals surface area contributed by atoms with Crippen molar-refractivity contribution >= 4 is 39.3 Å². The quantitative estimate of drug-likeness (QED) is 0.556. The Morgan fingerprint density at radius 3 is 2.79 bits per heavy atom. The lowest BCUT2D eigenvalue weighted by atomic mass is 10.2. The summed E-state index contributed by atoms with van der Waals surface area (Å²) >= 11 is 2.33. The fourth-order valence-corrected chi connectivity index (χ4v) is 2.81. The number of aromatic nitrogens is 2. The van der Waals surface area contributed by atoms with Crippen molar-refractivity contribution in [3.8, 4) is 5.69 Å². The van der Waals surface area contributed by atoms with Gasteiger partial charge in [-0.2, -0.15) is 0 Å². The van der Waals surface area contributed by atoms with Gasteiger partial charge in [0.25, 0.3) is 0 Å². The van der Waals surface area contributed by atoms with Crippen LogP contribution in [0.5, 0.6) is 0 Å². The summed E-state index contributed by atoms with van der Waals surface area (Å²) in [4.78, 5) is 4.68. The summed E-state index contributed by atoms with van der Waals surface area (Å²) in [6.45, 7) is 2.12. The van der Waals surface area contributed by atoms with E-state index in [1.165, 1.54) is 3.57 Å². The second-order valence-electron chi connectivity index (χ2n) is 4.45. The van der Waals surface area contributed by atoms with Gasteiger partial charge < -0.3 is 5.73 Å². The maximum Gasteiger partial charge on any atom is 0.114 e. The Hall–Kier alpha value is -1.56. The van der Waals surface area contributed by atoms with Crippen LogP contribution in [0.4, 0.5) is 5.69 Å². The zero-order valence-corrected chi connectivity index (χ0v) is 12.8. The van der Waals surface area contributed by atoms with Crippen molar-refractivity contribution in [1.29, 1.82) is 0 Å². The third-order valence-corrected chi connectivity index (χ3v) is 3.80. The fourth-order valence-electron chi connectivity index (χ4n) is 2.29. The Labute approximate surface area is 125 Å². The molecule has 1 aromatic heterocycles. The molecule has 1 heterocycles. The maximum absolute atomic E-state index is 5.84. The van der Waals surface area contributed by atoms with E-state index in [9.17, 15) is 0 Å². The van der Waals surface area contributed by atoms with Crippen LogP contribution in [0.3, 0.4) is 0 Å². The van der Waals surface area contributed by atoms with Crippen molar-refractivity contribution in [1.82, 2.24) is 9.55 Å². The predicted octanol–water partition coefficient (Wildman–Crippen LogP) is 3.77. The molecule has 19 heavy (non-hydrogen) atoms. The van der Waals surface area contributed by atoms with E-state index >= 15 is 0 Å². The van der Waals surface area contributed by atoms with Crippen LogP contribution in [0.15, 0.2) is 42.5 Å². The lowest BCUT2D eigenvalue weighted by Gasteiger charge is -2.08. The first-order chi connectivity index (χ1) is 9.19. The van der Waals surface area contributed by atoms with Gasteiger partial charge in [0.2, 0.25) is 0 Å². The molecule has 3 nitrogen and oxygen atoms in total. The SMILES string of the molecule is CCc1nc2cc(N)ccc2n1-c1cccc(I)c1. The van der Waals surface area contributed by atoms with Crippen LogP contribution in [0, 0.1) is 3.57 Å². The highest BCUT2D eigenvalue weighted by atomic mass is 127. The van der Waals surface area contributed by atoms with Gasteiger partial charge in [-0.1, -0.05) is 13.0 Å². The van der Waals surface area contributed by atoms with Gasteiger partial charge in [-0.25, -0.2) is 4.98 Å². The number of fused-ring (bicyclic) bond motifs is 1. The Morgan fingerprint density at radius 2 is 2.05 bits per heavy atom. The monoisotopic (exact) mass is 363 g/mol. The molecule has 0 saturated heterocycles. The molecular formula is C15H14IN3. The predicted molar refractivity (Wildman–Crippen MR) is 87.6 cm³/mol.